The summed E-state index contributed by atoms with van der Waals surface area (Å²) >= 11 is 0. The molecule has 0 radical (unpaired) electrons. The van der Waals surface area contributed by atoms with Crippen molar-refractivity contribution in [2.45, 2.75) is 124 Å². The standard InChI is InChI=1S/C38H56O8/c1-34-13-6-5-10-24(34)37(4,33(45)46)31-29-22(34)12-11-20(17-26(39)40)28(29)21-18-25-35(2,14-8-15-36(25,3)32(43)44)23-9-7-16-38(31,30(21)23)19-27(41)42/h20-25,28-31H,5-19H2,1-4H3,(H,39,40)(H,41,42)(H,43,44)(H,45,46). The highest BCUT2D eigenvalue weighted by Gasteiger charge is 2.78. The summed E-state index contributed by atoms with van der Waals surface area (Å²) in [4.78, 5) is 52.8. The highest BCUT2D eigenvalue weighted by Crippen LogP contribution is 2.81. The van der Waals surface area contributed by atoms with Gasteiger partial charge in [0.1, 0.15) is 0 Å². The second kappa shape index (κ2) is 10.4. The number of carboxylic acids is 4. The number of hydrogen-bond donors (Lipinski definition) is 4. The molecule has 46 heavy (non-hydrogen) atoms. The molecule has 0 saturated heterocycles. The molecule has 0 heterocycles. The Balaban J connectivity index is 1.52. The van der Waals surface area contributed by atoms with E-state index in [0.717, 1.165) is 64.2 Å². The van der Waals surface area contributed by atoms with Crippen molar-refractivity contribution in [1.29, 1.82) is 0 Å². The number of fused-ring (bicyclic) bond motifs is 6. The predicted molar refractivity (Wildman–Crippen MR) is 170 cm³/mol. The third-order valence-corrected chi connectivity index (χ3v) is 17.2. The zero-order valence-electron chi connectivity index (χ0n) is 28.3. The van der Waals surface area contributed by atoms with Crippen molar-refractivity contribution in [2.75, 3.05) is 0 Å². The Labute approximate surface area is 273 Å². The van der Waals surface area contributed by atoms with E-state index in [0.29, 0.717) is 19.3 Å². The second-order valence-corrected chi connectivity index (χ2v) is 18.4. The van der Waals surface area contributed by atoms with Crippen molar-refractivity contribution in [3.05, 3.63) is 0 Å². The molecule has 8 nitrogen and oxygen atoms in total. The van der Waals surface area contributed by atoms with Crippen LogP contribution in [-0.2, 0) is 19.2 Å². The van der Waals surface area contributed by atoms with Gasteiger partial charge in [0.05, 0.1) is 17.3 Å². The molecule has 256 valence electrons. The van der Waals surface area contributed by atoms with E-state index in [1.807, 2.05) is 13.8 Å². The van der Waals surface area contributed by atoms with Crippen molar-refractivity contribution in [3.63, 3.8) is 0 Å². The van der Waals surface area contributed by atoms with Crippen LogP contribution in [0.3, 0.4) is 0 Å². The fourth-order valence-corrected chi connectivity index (χ4v) is 16.1. The molecular formula is C38H56O8. The van der Waals surface area contributed by atoms with Crippen molar-refractivity contribution in [2.24, 2.45) is 86.3 Å². The van der Waals surface area contributed by atoms with Gasteiger partial charge in [0.15, 0.2) is 0 Å². The van der Waals surface area contributed by atoms with Crippen LogP contribution in [0.25, 0.3) is 0 Å². The van der Waals surface area contributed by atoms with Crippen LogP contribution in [0.5, 0.6) is 0 Å². The first-order valence-electron chi connectivity index (χ1n) is 18.5. The summed E-state index contributed by atoms with van der Waals surface area (Å²) in [5, 5.41) is 43.2. The molecule has 0 aromatic rings. The molecule has 7 saturated carbocycles. The van der Waals surface area contributed by atoms with Crippen LogP contribution >= 0.6 is 0 Å². The lowest BCUT2D eigenvalue weighted by molar-refractivity contribution is -0.310. The van der Waals surface area contributed by atoms with Crippen molar-refractivity contribution in [1.82, 2.24) is 0 Å². The molecule has 7 aliphatic carbocycles. The molecule has 0 aliphatic heterocycles. The topological polar surface area (TPSA) is 149 Å². The van der Waals surface area contributed by atoms with Crippen molar-refractivity contribution < 1.29 is 39.6 Å². The van der Waals surface area contributed by atoms with Crippen LogP contribution in [0.4, 0.5) is 0 Å². The molecule has 0 amide bonds. The van der Waals surface area contributed by atoms with Crippen LogP contribution < -0.4 is 0 Å². The molecule has 0 spiro atoms. The Bertz CT molecular complexity index is 1330. The van der Waals surface area contributed by atoms with Crippen LogP contribution in [-0.4, -0.2) is 44.3 Å². The highest BCUT2D eigenvalue weighted by molar-refractivity contribution is 5.77. The number of aliphatic carboxylic acids is 4. The zero-order valence-corrected chi connectivity index (χ0v) is 28.3. The van der Waals surface area contributed by atoms with E-state index >= 15 is 0 Å². The Kier molecular flexibility index (Phi) is 7.36. The number of rotatable bonds is 6. The minimum atomic E-state index is -1.11. The fraction of sp³-hybridized carbons (Fsp3) is 0.895. The SMILES string of the molecule is CC1(C(=O)O)CCCC2(C)C3CCCC4(CC(=O)O)C3C(CC12)C1C(CC(=O)O)CCC2C1C4C(C)(C(=O)O)C1CCCCC21C. The van der Waals surface area contributed by atoms with E-state index < -0.39 is 40.1 Å². The van der Waals surface area contributed by atoms with Gasteiger partial charge < -0.3 is 20.4 Å². The van der Waals surface area contributed by atoms with Gasteiger partial charge in [0, 0.05) is 6.42 Å². The van der Waals surface area contributed by atoms with Crippen molar-refractivity contribution in [3.8, 4) is 0 Å². The maximum Gasteiger partial charge on any atom is 0.309 e. The summed E-state index contributed by atoms with van der Waals surface area (Å²) in [6.45, 7) is 8.53. The molecule has 0 aromatic heterocycles. The van der Waals surface area contributed by atoms with Gasteiger partial charge in [-0.3, -0.25) is 19.2 Å². The zero-order chi connectivity index (χ0) is 33.2. The molecule has 0 bridgehead atoms. The quantitative estimate of drug-likeness (QED) is 0.234. The van der Waals surface area contributed by atoms with Crippen LogP contribution in [0.15, 0.2) is 0 Å². The molecule has 7 rings (SSSR count). The first-order valence-corrected chi connectivity index (χ1v) is 18.5. The van der Waals surface area contributed by atoms with Gasteiger partial charge in [0.2, 0.25) is 0 Å². The van der Waals surface area contributed by atoms with E-state index in [1.165, 1.54) is 0 Å². The monoisotopic (exact) mass is 640 g/mol. The van der Waals surface area contributed by atoms with Crippen LogP contribution in [0.1, 0.15) is 124 Å². The molecule has 15 atom stereocenters. The minimum absolute atomic E-state index is 0.00897. The molecule has 15 unspecified atom stereocenters. The summed E-state index contributed by atoms with van der Waals surface area (Å²) < 4.78 is 0. The summed E-state index contributed by atoms with van der Waals surface area (Å²) in [5.74, 6) is -3.60. The summed E-state index contributed by atoms with van der Waals surface area (Å²) in [6, 6.07) is 0. The highest BCUT2D eigenvalue weighted by atomic mass is 16.4. The fourth-order valence-electron chi connectivity index (χ4n) is 16.1. The van der Waals surface area contributed by atoms with E-state index in [-0.39, 0.29) is 82.9 Å². The van der Waals surface area contributed by atoms with Gasteiger partial charge in [-0.25, -0.2) is 0 Å². The van der Waals surface area contributed by atoms with Crippen LogP contribution in [0, 0.1) is 86.3 Å². The number of carboxylic acid groups (broad SMARTS) is 4. The second-order valence-electron chi connectivity index (χ2n) is 18.4. The first kappa shape index (κ1) is 32.4. The molecule has 7 fully saturated rings. The van der Waals surface area contributed by atoms with Crippen LogP contribution in [0.2, 0.25) is 0 Å². The Morgan fingerprint density at radius 3 is 2.00 bits per heavy atom. The maximum absolute atomic E-state index is 14.0. The summed E-state index contributed by atoms with van der Waals surface area (Å²) in [5.41, 5.74) is -3.19. The molecule has 8 heteroatoms. The molecule has 0 aromatic carbocycles. The van der Waals surface area contributed by atoms with Gasteiger partial charge in [-0.15, -0.1) is 0 Å². The molecule has 4 N–H and O–H groups in total. The van der Waals surface area contributed by atoms with Gasteiger partial charge >= 0.3 is 23.9 Å². The Morgan fingerprint density at radius 2 is 1.35 bits per heavy atom. The largest absolute Gasteiger partial charge is 0.481 e. The van der Waals surface area contributed by atoms with E-state index in [2.05, 4.69) is 13.8 Å². The Hall–Kier alpha value is -2.12. The Morgan fingerprint density at radius 1 is 0.652 bits per heavy atom. The maximum atomic E-state index is 14.0. The number of hydrogen-bond acceptors (Lipinski definition) is 4. The van der Waals surface area contributed by atoms with Gasteiger partial charge in [-0.05, 0) is 147 Å². The van der Waals surface area contributed by atoms with E-state index in [1.54, 1.807) is 0 Å². The smallest absolute Gasteiger partial charge is 0.309 e. The van der Waals surface area contributed by atoms with Crippen molar-refractivity contribution >= 4 is 23.9 Å². The molecular weight excluding hydrogens is 584 g/mol. The summed E-state index contributed by atoms with van der Waals surface area (Å²) in [7, 11) is 0. The van der Waals surface area contributed by atoms with Gasteiger partial charge in [-0.2, -0.15) is 0 Å². The van der Waals surface area contributed by atoms with Gasteiger partial charge in [0.25, 0.3) is 0 Å². The normalized spacial score (nSPS) is 53.8. The van der Waals surface area contributed by atoms with E-state index in [9.17, 15) is 39.6 Å². The average Bonchev–Trinajstić information content (AvgIpc) is 2.96. The number of carbonyl (C=O) groups is 4. The minimum Gasteiger partial charge on any atom is -0.481 e. The summed E-state index contributed by atoms with van der Waals surface area (Å²) in [6.07, 6.45) is 11.0. The predicted octanol–water partition coefficient (Wildman–Crippen LogP) is 7.45. The lowest BCUT2D eigenvalue weighted by atomic mass is 9.25. The lowest BCUT2D eigenvalue weighted by Crippen LogP contribution is -2.75. The van der Waals surface area contributed by atoms with E-state index in [4.69, 9.17) is 0 Å². The third kappa shape index (κ3) is 3.96. The molecule has 7 aliphatic rings. The van der Waals surface area contributed by atoms with Gasteiger partial charge in [-0.1, -0.05) is 39.5 Å². The third-order valence-electron chi connectivity index (χ3n) is 17.2. The first-order chi connectivity index (χ1) is 21.6. The lowest BCUT2D eigenvalue weighted by Gasteiger charge is -2.78. The average molecular weight is 641 g/mol.